The van der Waals surface area contributed by atoms with E-state index in [1.54, 1.807) is 0 Å². The molecule has 4 aliphatic carbocycles. The van der Waals surface area contributed by atoms with Gasteiger partial charge in [-0.25, -0.2) is 0 Å². The maximum atomic E-state index is 11.1. The Morgan fingerprint density at radius 2 is 1.67 bits per heavy atom. The highest BCUT2D eigenvalue weighted by molar-refractivity contribution is 5.67. The summed E-state index contributed by atoms with van der Waals surface area (Å²) in [7, 11) is 0. The van der Waals surface area contributed by atoms with Crippen molar-refractivity contribution < 1.29 is 9.90 Å². The maximum Gasteiger partial charge on any atom is 0.303 e. The topological polar surface area (TPSA) is 37.3 Å². The third kappa shape index (κ3) is 1.64. The van der Waals surface area contributed by atoms with Gasteiger partial charge in [0.2, 0.25) is 0 Å². The van der Waals surface area contributed by atoms with Crippen molar-refractivity contribution in [3.05, 3.63) is 0 Å². The van der Waals surface area contributed by atoms with Crippen molar-refractivity contribution in [3.8, 4) is 0 Å². The lowest BCUT2D eigenvalue weighted by Crippen LogP contribution is -2.50. The van der Waals surface area contributed by atoms with Gasteiger partial charge in [-0.15, -0.1) is 0 Å². The van der Waals surface area contributed by atoms with Crippen LogP contribution in [0.15, 0.2) is 0 Å². The second kappa shape index (κ2) is 3.98. The van der Waals surface area contributed by atoms with Gasteiger partial charge in [0.1, 0.15) is 0 Å². The molecular weight excluding hydrogens is 224 g/mol. The van der Waals surface area contributed by atoms with Gasteiger partial charge in [0.25, 0.3) is 0 Å². The molecule has 7 unspecified atom stereocenters. The first kappa shape index (κ1) is 11.3. The average molecular weight is 248 g/mol. The fourth-order valence-electron chi connectivity index (χ4n) is 6.32. The Kier molecular flexibility index (Phi) is 2.50. The van der Waals surface area contributed by atoms with Crippen LogP contribution in [0.2, 0.25) is 0 Å². The average Bonchev–Trinajstić information content (AvgIpc) is 2.35. The van der Waals surface area contributed by atoms with Crippen LogP contribution in [0.3, 0.4) is 0 Å². The third-order valence-corrected chi connectivity index (χ3v) is 6.78. The van der Waals surface area contributed by atoms with Crippen molar-refractivity contribution in [2.75, 3.05) is 0 Å². The quantitative estimate of drug-likeness (QED) is 0.811. The summed E-state index contributed by atoms with van der Waals surface area (Å²) < 4.78 is 0. The summed E-state index contributed by atoms with van der Waals surface area (Å²) in [6.45, 7) is 0. The molecule has 7 atom stereocenters. The molecule has 18 heavy (non-hydrogen) atoms. The first-order valence-corrected chi connectivity index (χ1v) is 7.92. The van der Waals surface area contributed by atoms with Crippen molar-refractivity contribution in [2.24, 2.45) is 41.4 Å². The van der Waals surface area contributed by atoms with E-state index in [4.69, 9.17) is 5.11 Å². The number of rotatable bonds is 2. The summed E-state index contributed by atoms with van der Waals surface area (Å²) in [4.78, 5) is 11.1. The summed E-state index contributed by atoms with van der Waals surface area (Å²) in [6.07, 6.45) is 10.3. The molecule has 100 valence electrons. The van der Waals surface area contributed by atoms with E-state index in [1.807, 2.05) is 0 Å². The minimum Gasteiger partial charge on any atom is -0.481 e. The number of fused-ring (bicyclic) bond motifs is 2. The molecule has 1 N–H and O–H groups in total. The van der Waals surface area contributed by atoms with Crippen LogP contribution < -0.4 is 0 Å². The van der Waals surface area contributed by atoms with Crippen LogP contribution in [0.1, 0.15) is 51.4 Å². The smallest absolute Gasteiger partial charge is 0.303 e. The molecule has 4 saturated carbocycles. The molecule has 4 rings (SSSR count). The van der Waals surface area contributed by atoms with E-state index in [9.17, 15) is 4.79 Å². The normalized spacial score (nSPS) is 53.2. The highest BCUT2D eigenvalue weighted by Crippen LogP contribution is 2.61. The van der Waals surface area contributed by atoms with Crippen LogP contribution in [-0.4, -0.2) is 11.1 Å². The van der Waals surface area contributed by atoms with E-state index in [1.165, 1.54) is 44.9 Å². The SMILES string of the molecule is O=C(O)CC1CC2CC3CCC4CC3C(C2)C1C4. The molecule has 0 aromatic rings. The Morgan fingerprint density at radius 3 is 2.50 bits per heavy atom. The number of hydrogen-bond donors (Lipinski definition) is 1. The van der Waals surface area contributed by atoms with E-state index in [-0.39, 0.29) is 0 Å². The third-order valence-electron chi connectivity index (χ3n) is 6.78. The molecule has 0 aromatic heterocycles. The van der Waals surface area contributed by atoms with Crippen LogP contribution in [0, 0.1) is 41.4 Å². The van der Waals surface area contributed by atoms with E-state index in [2.05, 4.69) is 0 Å². The van der Waals surface area contributed by atoms with Crippen molar-refractivity contribution in [2.45, 2.75) is 51.4 Å². The van der Waals surface area contributed by atoms with Crippen molar-refractivity contribution >= 4 is 5.97 Å². The maximum absolute atomic E-state index is 11.1. The number of carbonyl (C=O) groups is 1. The molecule has 4 fully saturated rings. The molecule has 2 nitrogen and oxygen atoms in total. The number of carboxylic acid groups (broad SMARTS) is 1. The minimum absolute atomic E-state index is 0.446. The molecule has 4 aliphatic rings. The summed E-state index contributed by atoms with van der Waals surface area (Å²) in [5.74, 6) is 5.43. The summed E-state index contributed by atoms with van der Waals surface area (Å²) >= 11 is 0. The lowest BCUT2D eigenvalue weighted by atomic mass is 9.46. The van der Waals surface area contributed by atoms with E-state index >= 15 is 0 Å². The fourth-order valence-corrected chi connectivity index (χ4v) is 6.32. The van der Waals surface area contributed by atoms with Crippen LogP contribution in [0.5, 0.6) is 0 Å². The van der Waals surface area contributed by atoms with Gasteiger partial charge in [0.15, 0.2) is 0 Å². The van der Waals surface area contributed by atoms with Crippen LogP contribution in [0.4, 0.5) is 0 Å². The first-order valence-electron chi connectivity index (χ1n) is 7.92. The predicted octanol–water partition coefficient (Wildman–Crippen LogP) is 3.56. The van der Waals surface area contributed by atoms with Crippen LogP contribution in [-0.2, 0) is 4.79 Å². The minimum atomic E-state index is -0.563. The second-order valence-electron chi connectivity index (χ2n) is 7.60. The van der Waals surface area contributed by atoms with Crippen molar-refractivity contribution in [1.82, 2.24) is 0 Å². The molecule has 0 radical (unpaired) electrons. The lowest BCUT2D eigenvalue weighted by molar-refractivity contribution is -0.143. The van der Waals surface area contributed by atoms with Gasteiger partial charge < -0.3 is 5.11 Å². The Morgan fingerprint density at radius 1 is 0.889 bits per heavy atom. The van der Waals surface area contributed by atoms with E-state index < -0.39 is 5.97 Å². The Labute approximate surface area is 109 Å². The standard InChI is InChI=1S/C16H24O2/c17-16(18)8-12-4-10-3-11-2-1-9-5-13(11)15(7-10)14(12)6-9/h9-15H,1-8H2,(H,17,18). The first-order chi connectivity index (χ1) is 8.70. The van der Waals surface area contributed by atoms with Gasteiger partial charge in [-0.1, -0.05) is 6.42 Å². The fraction of sp³-hybridized carbons (Fsp3) is 0.938. The number of hydrogen-bond acceptors (Lipinski definition) is 1. The van der Waals surface area contributed by atoms with E-state index in [0.717, 1.165) is 35.5 Å². The van der Waals surface area contributed by atoms with Gasteiger partial charge in [0.05, 0.1) is 0 Å². The van der Waals surface area contributed by atoms with E-state index in [0.29, 0.717) is 12.3 Å². The summed E-state index contributed by atoms with van der Waals surface area (Å²) in [6, 6.07) is 0. The highest BCUT2D eigenvalue weighted by atomic mass is 16.4. The van der Waals surface area contributed by atoms with Crippen molar-refractivity contribution in [1.29, 1.82) is 0 Å². The van der Waals surface area contributed by atoms with Gasteiger partial charge in [-0.3, -0.25) is 4.79 Å². The summed E-state index contributed by atoms with van der Waals surface area (Å²) in [5.41, 5.74) is 0. The molecule has 0 aliphatic heterocycles. The molecule has 4 bridgehead atoms. The van der Waals surface area contributed by atoms with Crippen molar-refractivity contribution in [3.63, 3.8) is 0 Å². The largest absolute Gasteiger partial charge is 0.481 e. The molecule has 0 spiro atoms. The van der Waals surface area contributed by atoms with Gasteiger partial charge in [0, 0.05) is 6.42 Å². The lowest BCUT2D eigenvalue weighted by Gasteiger charge is -2.59. The van der Waals surface area contributed by atoms with Gasteiger partial charge in [-0.05, 0) is 80.0 Å². The molecule has 0 saturated heterocycles. The zero-order valence-electron chi connectivity index (χ0n) is 11.1. The Balaban J connectivity index is 1.63. The predicted molar refractivity (Wildman–Crippen MR) is 69.0 cm³/mol. The molecule has 0 heterocycles. The van der Waals surface area contributed by atoms with Gasteiger partial charge >= 0.3 is 5.97 Å². The molecule has 0 amide bonds. The monoisotopic (exact) mass is 248 g/mol. The molecule has 2 heteroatoms. The molecule has 0 aromatic carbocycles. The van der Waals surface area contributed by atoms with Crippen LogP contribution >= 0.6 is 0 Å². The second-order valence-corrected chi connectivity index (χ2v) is 7.60. The summed E-state index contributed by atoms with van der Waals surface area (Å²) in [5, 5.41) is 9.16. The number of aliphatic carboxylic acids is 1. The molecular formula is C16H24O2. The van der Waals surface area contributed by atoms with Crippen LogP contribution in [0.25, 0.3) is 0 Å². The number of carboxylic acids is 1. The zero-order valence-corrected chi connectivity index (χ0v) is 11.1. The van der Waals surface area contributed by atoms with Gasteiger partial charge in [-0.2, -0.15) is 0 Å². The Bertz CT molecular complexity index is 362. The highest BCUT2D eigenvalue weighted by Gasteiger charge is 2.53. The Hall–Kier alpha value is -0.530. The zero-order chi connectivity index (χ0) is 12.3.